The average molecular weight is 305 g/mol. The van der Waals surface area contributed by atoms with Crippen LogP contribution in [0.2, 0.25) is 0 Å². The smallest absolute Gasteiger partial charge is 0.224 e. The second-order valence-electron chi connectivity index (χ2n) is 5.30. The normalized spacial score (nSPS) is 16.1. The molecule has 0 saturated carbocycles. The zero-order chi connectivity index (χ0) is 15.4. The maximum Gasteiger partial charge on any atom is 0.224 e. The van der Waals surface area contributed by atoms with Crippen molar-refractivity contribution >= 4 is 5.91 Å². The van der Waals surface area contributed by atoms with Crippen molar-refractivity contribution in [2.45, 2.75) is 26.4 Å². The lowest BCUT2D eigenvalue weighted by molar-refractivity contribution is -0.133. The van der Waals surface area contributed by atoms with Crippen molar-refractivity contribution in [2.24, 2.45) is 0 Å². The molecule has 0 aromatic carbocycles. The summed E-state index contributed by atoms with van der Waals surface area (Å²) in [6, 6.07) is 0. The van der Waals surface area contributed by atoms with Gasteiger partial charge in [-0.05, 0) is 0 Å². The highest BCUT2D eigenvalue weighted by Gasteiger charge is 2.22. The fourth-order valence-corrected chi connectivity index (χ4v) is 2.48. The number of hydrogen-bond acceptors (Lipinski definition) is 7. The van der Waals surface area contributed by atoms with E-state index in [1.807, 2.05) is 4.90 Å². The summed E-state index contributed by atoms with van der Waals surface area (Å²) < 4.78 is 6.64. The SMILES string of the molecule is Cc1nc(CN2CCN(C(=O)CCn3ccnn3)CC2)no1. The second-order valence-corrected chi connectivity index (χ2v) is 5.30. The van der Waals surface area contributed by atoms with Crippen LogP contribution in [0.25, 0.3) is 0 Å². The highest BCUT2D eigenvalue weighted by molar-refractivity contribution is 5.76. The largest absolute Gasteiger partial charge is 0.340 e. The molecule has 1 amide bonds. The van der Waals surface area contributed by atoms with Gasteiger partial charge in [-0.1, -0.05) is 10.4 Å². The fourth-order valence-electron chi connectivity index (χ4n) is 2.48. The molecule has 0 spiro atoms. The Morgan fingerprint density at radius 2 is 2.14 bits per heavy atom. The van der Waals surface area contributed by atoms with Crippen molar-refractivity contribution < 1.29 is 9.32 Å². The van der Waals surface area contributed by atoms with Gasteiger partial charge in [0.2, 0.25) is 11.8 Å². The summed E-state index contributed by atoms with van der Waals surface area (Å²) in [4.78, 5) is 20.5. The van der Waals surface area contributed by atoms with E-state index in [1.165, 1.54) is 0 Å². The van der Waals surface area contributed by atoms with Gasteiger partial charge >= 0.3 is 0 Å². The molecule has 3 rings (SSSR count). The van der Waals surface area contributed by atoms with Crippen LogP contribution in [-0.4, -0.2) is 67.0 Å². The minimum Gasteiger partial charge on any atom is -0.340 e. The van der Waals surface area contributed by atoms with Gasteiger partial charge in [-0.2, -0.15) is 4.98 Å². The predicted octanol–water partition coefficient (Wildman–Crippen LogP) is -0.296. The van der Waals surface area contributed by atoms with E-state index in [4.69, 9.17) is 4.52 Å². The van der Waals surface area contributed by atoms with Gasteiger partial charge < -0.3 is 9.42 Å². The van der Waals surface area contributed by atoms with E-state index in [9.17, 15) is 4.79 Å². The maximum atomic E-state index is 12.2. The van der Waals surface area contributed by atoms with Crippen LogP contribution < -0.4 is 0 Å². The Labute approximate surface area is 127 Å². The number of amides is 1. The fraction of sp³-hybridized carbons (Fsp3) is 0.615. The van der Waals surface area contributed by atoms with Gasteiger partial charge in [0.25, 0.3) is 0 Å². The summed E-state index contributed by atoms with van der Waals surface area (Å²) in [6.45, 7) is 6.12. The number of aryl methyl sites for hydroxylation is 2. The monoisotopic (exact) mass is 305 g/mol. The quantitative estimate of drug-likeness (QED) is 0.749. The molecule has 0 N–H and O–H groups in total. The third kappa shape index (κ3) is 3.67. The first-order chi connectivity index (χ1) is 10.7. The zero-order valence-electron chi connectivity index (χ0n) is 12.6. The number of hydrogen-bond donors (Lipinski definition) is 0. The van der Waals surface area contributed by atoms with Crippen LogP contribution in [0, 0.1) is 6.92 Å². The number of carbonyl (C=O) groups is 1. The number of carbonyl (C=O) groups excluding carboxylic acids is 1. The van der Waals surface area contributed by atoms with Crippen molar-refractivity contribution in [3.05, 3.63) is 24.1 Å². The van der Waals surface area contributed by atoms with E-state index in [-0.39, 0.29) is 5.91 Å². The van der Waals surface area contributed by atoms with Crippen LogP contribution in [0.5, 0.6) is 0 Å². The third-order valence-corrected chi connectivity index (χ3v) is 3.69. The number of nitrogens with zero attached hydrogens (tertiary/aromatic N) is 7. The van der Waals surface area contributed by atoms with Crippen LogP contribution in [0.3, 0.4) is 0 Å². The summed E-state index contributed by atoms with van der Waals surface area (Å²) in [6.07, 6.45) is 3.83. The summed E-state index contributed by atoms with van der Waals surface area (Å²) in [5, 5.41) is 11.5. The highest BCUT2D eigenvalue weighted by Crippen LogP contribution is 2.08. The molecule has 9 heteroatoms. The lowest BCUT2D eigenvalue weighted by atomic mass is 10.2. The Morgan fingerprint density at radius 1 is 1.32 bits per heavy atom. The maximum absolute atomic E-state index is 12.2. The van der Waals surface area contributed by atoms with E-state index in [0.717, 1.165) is 26.2 Å². The molecule has 1 fully saturated rings. The first-order valence-electron chi connectivity index (χ1n) is 7.34. The van der Waals surface area contributed by atoms with E-state index in [1.54, 1.807) is 24.0 Å². The highest BCUT2D eigenvalue weighted by atomic mass is 16.5. The topological polar surface area (TPSA) is 93.2 Å². The third-order valence-electron chi connectivity index (χ3n) is 3.69. The molecule has 1 aliphatic rings. The van der Waals surface area contributed by atoms with Crippen molar-refractivity contribution in [2.75, 3.05) is 26.2 Å². The van der Waals surface area contributed by atoms with Crippen LogP contribution in [0.15, 0.2) is 16.9 Å². The average Bonchev–Trinajstić information content (AvgIpc) is 3.17. The summed E-state index contributed by atoms with van der Waals surface area (Å²) in [5.74, 6) is 1.44. The molecule has 0 unspecified atom stereocenters. The summed E-state index contributed by atoms with van der Waals surface area (Å²) in [5.41, 5.74) is 0. The van der Waals surface area contributed by atoms with Gasteiger partial charge in [0.05, 0.1) is 19.3 Å². The molecule has 0 aliphatic carbocycles. The molecule has 1 aliphatic heterocycles. The molecule has 1 saturated heterocycles. The molecular formula is C13H19N7O2. The first kappa shape index (κ1) is 14.6. The Hall–Kier alpha value is -2.29. The lowest BCUT2D eigenvalue weighted by Gasteiger charge is -2.34. The molecule has 0 atom stereocenters. The van der Waals surface area contributed by atoms with Gasteiger partial charge in [0.1, 0.15) is 0 Å². The molecule has 9 nitrogen and oxygen atoms in total. The number of rotatable bonds is 5. The van der Waals surface area contributed by atoms with E-state index >= 15 is 0 Å². The zero-order valence-corrected chi connectivity index (χ0v) is 12.6. The first-order valence-corrected chi connectivity index (χ1v) is 7.34. The lowest BCUT2D eigenvalue weighted by Crippen LogP contribution is -2.48. The van der Waals surface area contributed by atoms with Gasteiger partial charge in [0.15, 0.2) is 5.82 Å². The van der Waals surface area contributed by atoms with Gasteiger partial charge in [0, 0.05) is 45.7 Å². The second kappa shape index (κ2) is 6.65. The molecule has 22 heavy (non-hydrogen) atoms. The van der Waals surface area contributed by atoms with E-state index in [0.29, 0.717) is 31.2 Å². The van der Waals surface area contributed by atoms with Crippen LogP contribution >= 0.6 is 0 Å². The van der Waals surface area contributed by atoms with Crippen molar-refractivity contribution in [1.82, 2.24) is 34.9 Å². The Balaban J connectivity index is 1.42. The minimum absolute atomic E-state index is 0.158. The standard InChI is InChI=1S/C13H19N7O2/c1-11-15-12(16-22-11)10-18-6-8-19(9-7-18)13(21)2-4-20-5-3-14-17-20/h3,5H,2,4,6-10H2,1H3. The van der Waals surface area contributed by atoms with Crippen LogP contribution in [-0.2, 0) is 17.9 Å². The summed E-state index contributed by atoms with van der Waals surface area (Å²) >= 11 is 0. The van der Waals surface area contributed by atoms with Crippen molar-refractivity contribution in [3.63, 3.8) is 0 Å². The Bertz CT molecular complexity index is 602. The molecule has 2 aromatic rings. The van der Waals surface area contributed by atoms with E-state index < -0.39 is 0 Å². The molecule has 2 aromatic heterocycles. The molecule has 0 bridgehead atoms. The molecule has 3 heterocycles. The Kier molecular flexibility index (Phi) is 4.42. The van der Waals surface area contributed by atoms with Gasteiger partial charge in [-0.25, -0.2) is 0 Å². The van der Waals surface area contributed by atoms with E-state index in [2.05, 4.69) is 25.4 Å². The number of aromatic nitrogens is 5. The Morgan fingerprint density at radius 3 is 2.77 bits per heavy atom. The van der Waals surface area contributed by atoms with Gasteiger partial charge in [-0.3, -0.25) is 14.4 Å². The van der Waals surface area contributed by atoms with Gasteiger partial charge in [-0.15, -0.1) is 5.10 Å². The number of piperazine rings is 1. The van der Waals surface area contributed by atoms with Crippen LogP contribution in [0.1, 0.15) is 18.1 Å². The summed E-state index contributed by atoms with van der Waals surface area (Å²) in [7, 11) is 0. The van der Waals surface area contributed by atoms with Crippen molar-refractivity contribution in [1.29, 1.82) is 0 Å². The van der Waals surface area contributed by atoms with Crippen molar-refractivity contribution in [3.8, 4) is 0 Å². The minimum atomic E-state index is 0.158. The molecule has 0 radical (unpaired) electrons. The van der Waals surface area contributed by atoms with Crippen LogP contribution in [0.4, 0.5) is 0 Å². The molecule has 118 valence electrons. The molecular weight excluding hydrogens is 286 g/mol. The predicted molar refractivity (Wildman–Crippen MR) is 75.5 cm³/mol.